The standard InChI is InChI=1S/C14H19N3O/c1-11(12-4-6-14(18-3)7-5-12)15-10-13-8-9-16-17(13)2/h4-9,11,15H,10H2,1-3H3. The molecular weight excluding hydrogens is 226 g/mol. The highest BCUT2D eigenvalue weighted by Crippen LogP contribution is 2.17. The first-order valence-electron chi connectivity index (χ1n) is 6.05. The van der Waals surface area contributed by atoms with Gasteiger partial charge in [0.25, 0.3) is 0 Å². The molecule has 18 heavy (non-hydrogen) atoms. The molecule has 1 unspecified atom stereocenters. The minimum atomic E-state index is 0.297. The van der Waals surface area contributed by atoms with E-state index in [1.807, 2.05) is 36.1 Å². The fourth-order valence-electron chi connectivity index (χ4n) is 1.84. The quantitative estimate of drug-likeness (QED) is 0.878. The molecule has 0 bridgehead atoms. The summed E-state index contributed by atoms with van der Waals surface area (Å²) < 4.78 is 7.03. The van der Waals surface area contributed by atoms with Crippen molar-refractivity contribution < 1.29 is 4.74 Å². The van der Waals surface area contributed by atoms with Crippen molar-refractivity contribution in [2.24, 2.45) is 7.05 Å². The molecule has 0 saturated heterocycles. The van der Waals surface area contributed by atoms with E-state index in [9.17, 15) is 0 Å². The van der Waals surface area contributed by atoms with E-state index in [0.29, 0.717) is 6.04 Å². The van der Waals surface area contributed by atoms with Crippen LogP contribution in [-0.4, -0.2) is 16.9 Å². The molecule has 0 fully saturated rings. The molecule has 0 saturated carbocycles. The van der Waals surface area contributed by atoms with E-state index in [-0.39, 0.29) is 0 Å². The zero-order valence-corrected chi connectivity index (χ0v) is 11.1. The monoisotopic (exact) mass is 245 g/mol. The van der Waals surface area contributed by atoms with Gasteiger partial charge in [0.05, 0.1) is 12.8 Å². The van der Waals surface area contributed by atoms with Crippen molar-refractivity contribution >= 4 is 0 Å². The first-order valence-corrected chi connectivity index (χ1v) is 6.05. The number of benzene rings is 1. The molecule has 0 aliphatic rings. The van der Waals surface area contributed by atoms with Crippen LogP contribution in [0.3, 0.4) is 0 Å². The average Bonchev–Trinajstić information content (AvgIpc) is 2.81. The lowest BCUT2D eigenvalue weighted by molar-refractivity contribution is 0.414. The lowest BCUT2D eigenvalue weighted by Crippen LogP contribution is -2.19. The fraction of sp³-hybridized carbons (Fsp3) is 0.357. The normalized spacial score (nSPS) is 12.4. The predicted molar refractivity (Wildman–Crippen MR) is 71.5 cm³/mol. The van der Waals surface area contributed by atoms with Crippen LogP contribution >= 0.6 is 0 Å². The van der Waals surface area contributed by atoms with E-state index in [0.717, 1.165) is 12.3 Å². The van der Waals surface area contributed by atoms with Crippen molar-refractivity contribution in [1.82, 2.24) is 15.1 Å². The minimum Gasteiger partial charge on any atom is -0.497 e. The number of ether oxygens (including phenoxy) is 1. The summed E-state index contributed by atoms with van der Waals surface area (Å²) in [5.41, 5.74) is 2.42. The van der Waals surface area contributed by atoms with Crippen molar-refractivity contribution in [2.75, 3.05) is 7.11 Å². The van der Waals surface area contributed by atoms with E-state index in [4.69, 9.17) is 4.74 Å². The maximum absolute atomic E-state index is 5.15. The van der Waals surface area contributed by atoms with Crippen molar-refractivity contribution in [3.63, 3.8) is 0 Å². The number of hydrogen-bond donors (Lipinski definition) is 1. The lowest BCUT2D eigenvalue weighted by Gasteiger charge is -2.14. The summed E-state index contributed by atoms with van der Waals surface area (Å²) in [6, 6.07) is 10.5. The van der Waals surface area contributed by atoms with E-state index in [2.05, 4.69) is 29.5 Å². The number of hydrogen-bond acceptors (Lipinski definition) is 3. The van der Waals surface area contributed by atoms with Crippen LogP contribution < -0.4 is 10.1 Å². The molecule has 1 N–H and O–H groups in total. The van der Waals surface area contributed by atoms with Crippen LogP contribution in [0.2, 0.25) is 0 Å². The van der Waals surface area contributed by atoms with Gasteiger partial charge < -0.3 is 10.1 Å². The van der Waals surface area contributed by atoms with Crippen molar-refractivity contribution in [3.8, 4) is 5.75 Å². The molecule has 0 aliphatic carbocycles. The Labute approximate surface area is 108 Å². The van der Waals surface area contributed by atoms with Gasteiger partial charge in [0.1, 0.15) is 5.75 Å². The van der Waals surface area contributed by atoms with Crippen LogP contribution in [0.1, 0.15) is 24.2 Å². The van der Waals surface area contributed by atoms with Gasteiger partial charge in [-0.2, -0.15) is 5.10 Å². The number of methoxy groups -OCH3 is 1. The predicted octanol–water partition coefficient (Wildman–Crippen LogP) is 2.28. The number of nitrogens with one attached hydrogen (secondary N) is 1. The van der Waals surface area contributed by atoms with Crippen LogP contribution in [0.25, 0.3) is 0 Å². The second-order valence-corrected chi connectivity index (χ2v) is 4.32. The van der Waals surface area contributed by atoms with Crippen LogP contribution in [-0.2, 0) is 13.6 Å². The fourth-order valence-corrected chi connectivity index (χ4v) is 1.84. The summed E-state index contributed by atoms with van der Waals surface area (Å²) in [4.78, 5) is 0. The van der Waals surface area contributed by atoms with Crippen molar-refractivity contribution in [1.29, 1.82) is 0 Å². The maximum atomic E-state index is 5.15. The SMILES string of the molecule is COc1ccc(C(C)NCc2ccnn2C)cc1. The lowest BCUT2D eigenvalue weighted by atomic mass is 10.1. The Morgan fingerprint density at radius 1 is 1.28 bits per heavy atom. The van der Waals surface area contributed by atoms with E-state index >= 15 is 0 Å². The number of rotatable bonds is 5. The highest BCUT2D eigenvalue weighted by molar-refractivity contribution is 5.28. The molecule has 1 atom stereocenters. The Hall–Kier alpha value is -1.81. The molecule has 2 aromatic rings. The highest BCUT2D eigenvalue weighted by atomic mass is 16.5. The highest BCUT2D eigenvalue weighted by Gasteiger charge is 2.06. The van der Waals surface area contributed by atoms with Crippen molar-refractivity contribution in [3.05, 3.63) is 47.8 Å². The second-order valence-electron chi connectivity index (χ2n) is 4.32. The van der Waals surface area contributed by atoms with Crippen LogP contribution in [0.15, 0.2) is 36.5 Å². The Bertz CT molecular complexity index is 490. The zero-order chi connectivity index (χ0) is 13.0. The zero-order valence-electron chi connectivity index (χ0n) is 11.1. The van der Waals surface area contributed by atoms with Gasteiger partial charge in [0, 0.05) is 25.8 Å². The third kappa shape index (κ3) is 2.90. The summed E-state index contributed by atoms with van der Waals surface area (Å²) in [5.74, 6) is 0.887. The van der Waals surface area contributed by atoms with E-state index in [1.54, 1.807) is 7.11 Å². The molecule has 2 rings (SSSR count). The summed E-state index contributed by atoms with van der Waals surface area (Å²) >= 11 is 0. The molecule has 0 aliphatic heterocycles. The third-order valence-corrected chi connectivity index (χ3v) is 3.13. The molecule has 0 radical (unpaired) electrons. The summed E-state index contributed by atoms with van der Waals surface area (Å²) in [5, 5.41) is 7.63. The Morgan fingerprint density at radius 2 is 2.00 bits per heavy atom. The van der Waals surface area contributed by atoms with Gasteiger partial charge in [-0.1, -0.05) is 12.1 Å². The minimum absolute atomic E-state index is 0.297. The second kappa shape index (κ2) is 5.69. The van der Waals surface area contributed by atoms with Crippen LogP contribution in [0.5, 0.6) is 5.75 Å². The van der Waals surface area contributed by atoms with E-state index in [1.165, 1.54) is 11.3 Å². The molecule has 0 spiro atoms. The van der Waals surface area contributed by atoms with Gasteiger partial charge in [0.15, 0.2) is 0 Å². The molecule has 4 nitrogen and oxygen atoms in total. The van der Waals surface area contributed by atoms with E-state index < -0.39 is 0 Å². The van der Waals surface area contributed by atoms with Gasteiger partial charge in [0.2, 0.25) is 0 Å². The Kier molecular flexibility index (Phi) is 3.99. The maximum Gasteiger partial charge on any atom is 0.118 e. The summed E-state index contributed by atoms with van der Waals surface area (Å²) in [7, 11) is 3.63. The van der Waals surface area contributed by atoms with Crippen LogP contribution in [0, 0.1) is 0 Å². The third-order valence-electron chi connectivity index (χ3n) is 3.13. The topological polar surface area (TPSA) is 39.1 Å². The number of aryl methyl sites for hydroxylation is 1. The largest absolute Gasteiger partial charge is 0.497 e. The molecule has 1 heterocycles. The number of aromatic nitrogens is 2. The Morgan fingerprint density at radius 3 is 2.56 bits per heavy atom. The van der Waals surface area contributed by atoms with Gasteiger partial charge in [-0.3, -0.25) is 4.68 Å². The molecule has 1 aromatic carbocycles. The van der Waals surface area contributed by atoms with Gasteiger partial charge >= 0.3 is 0 Å². The average molecular weight is 245 g/mol. The van der Waals surface area contributed by atoms with Crippen LogP contribution in [0.4, 0.5) is 0 Å². The summed E-state index contributed by atoms with van der Waals surface area (Å²) in [6.45, 7) is 2.96. The molecule has 1 aromatic heterocycles. The number of nitrogens with zero attached hydrogens (tertiary/aromatic N) is 2. The van der Waals surface area contributed by atoms with Gasteiger partial charge in [-0.25, -0.2) is 0 Å². The van der Waals surface area contributed by atoms with Gasteiger partial charge in [-0.05, 0) is 30.7 Å². The molecule has 4 heteroatoms. The molecular formula is C14H19N3O. The first kappa shape index (κ1) is 12.6. The van der Waals surface area contributed by atoms with Crippen molar-refractivity contribution in [2.45, 2.75) is 19.5 Å². The smallest absolute Gasteiger partial charge is 0.118 e. The Balaban J connectivity index is 1.94. The van der Waals surface area contributed by atoms with Gasteiger partial charge in [-0.15, -0.1) is 0 Å². The first-order chi connectivity index (χ1) is 8.70. The summed E-state index contributed by atoms with van der Waals surface area (Å²) in [6.07, 6.45) is 1.81. The molecule has 0 amide bonds. The molecule has 96 valence electrons.